The van der Waals surface area contributed by atoms with Crippen LogP contribution in [0.4, 0.5) is 0 Å². The molecule has 29 heavy (non-hydrogen) atoms. The molecule has 0 radical (unpaired) electrons. The molecule has 0 aromatic carbocycles. The Labute approximate surface area is 195 Å². The van der Waals surface area contributed by atoms with Crippen molar-refractivity contribution in [1.82, 2.24) is 0 Å². The number of halogens is 3. The summed E-state index contributed by atoms with van der Waals surface area (Å²) in [6.07, 6.45) is 21.1. The van der Waals surface area contributed by atoms with Gasteiger partial charge in [0.1, 0.15) is 5.60 Å². The smallest absolute Gasteiger partial charge is 0.341 e. The minimum atomic E-state index is -2.38. The molecule has 0 aromatic rings. The van der Waals surface area contributed by atoms with Crippen molar-refractivity contribution in [2.24, 2.45) is 0 Å². The molecule has 2 nitrogen and oxygen atoms in total. The third kappa shape index (κ3) is 26.5. The fourth-order valence-corrected chi connectivity index (χ4v) is 5.32. The molecule has 0 saturated heterocycles. The summed E-state index contributed by atoms with van der Waals surface area (Å²) < 4.78 is 5.33. The van der Waals surface area contributed by atoms with E-state index in [0.717, 1.165) is 25.3 Å². The second-order valence-corrected chi connectivity index (χ2v) is 18.6. The van der Waals surface area contributed by atoms with Crippen LogP contribution in [0.5, 0.6) is 0 Å². The van der Waals surface area contributed by atoms with Gasteiger partial charge in [0.05, 0.1) is 0 Å². The van der Waals surface area contributed by atoms with E-state index < -0.39 is 6.00 Å². The van der Waals surface area contributed by atoms with Crippen molar-refractivity contribution in [3.63, 3.8) is 0 Å². The highest BCUT2D eigenvalue weighted by molar-refractivity contribution is 7.64. The van der Waals surface area contributed by atoms with Gasteiger partial charge in [-0.1, -0.05) is 96.3 Å². The molecule has 0 amide bonds. The zero-order valence-electron chi connectivity index (χ0n) is 19.2. The van der Waals surface area contributed by atoms with Crippen LogP contribution in [0.15, 0.2) is 0 Å². The summed E-state index contributed by atoms with van der Waals surface area (Å²) in [5.74, 6) is -0.0565. The summed E-state index contributed by atoms with van der Waals surface area (Å²) in [5.41, 5.74) is -0.355. The van der Waals surface area contributed by atoms with Gasteiger partial charge in [-0.15, -0.1) is 33.2 Å². The Balaban J connectivity index is 3.16. The fourth-order valence-electron chi connectivity index (χ4n) is 3.46. The van der Waals surface area contributed by atoms with Crippen LogP contribution in [0, 0.1) is 0 Å². The molecule has 6 heteroatoms. The molecule has 0 fully saturated rings. The number of hydrogen-bond acceptors (Lipinski definition) is 2. The molecule has 0 aliphatic rings. The Hall–Kier alpha value is 0.557. The topological polar surface area (TPSA) is 26.3 Å². The van der Waals surface area contributed by atoms with Gasteiger partial charge < -0.3 is 4.74 Å². The zero-order chi connectivity index (χ0) is 22.0. The molecule has 0 bridgehead atoms. The molecular formula is C23H45Cl3O2Si. The van der Waals surface area contributed by atoms with Crippen LogP contribution >= 0.6 is 33.2 Å². The van der Waals surface area contributed by atoms with E-state index in [1.54, 1.807) is 0 Å². The maximum atomic E-state index is 11.6. The number of carbonyl (C=O) groups excluding carboxylic acids is 1. The fraction of sp³-hybridized carbons (Fsp3) is 0.957. The van der Waals surface area contributed by atoms with Crippen molar-refractivity contribution >= 4 is 45.2 Å². The van der Waals surface area contributed by atoms with Gasteiger partial charge in [0.15, 0.2) is 0 Å². The summed E-state index contributed by atoms with van der Waals surface area (Å²) in [6.45, 7) is 5.76. The van der Waals surface area contributed by atoms with Gasteiger partial charge in [-0.2, -0.15) is 0 Å². The molecule has 0 aliphatic carbocycles. The SMILES string of the molecule is CC(C)(C)OC(=O)CCCCCCCCCCCCCCCCCC[Si](Cl)(Cl)Cl. The third-order valence-corrected chi connectivity index (χ3v) is 7.63. The number of esters is 1. The van der Waals surface area contributed by atoms with E-state index in [0.29, 0.717) is 6.42 Å². The highest BCUT2D eigenvalue weighted by Crippen LogP contribution is 2.27. The maximum absolute atomic E-state index is 11.6. The monoisotopic (exact) mass is 486 g/mol. The lowest BCUT2D eigenvalue weighted by atomic mass is 10.0. The number of unbranched alkanes of at least 4 members (excludes halogenated alkanes) is 15. The summed E-state index contributed by atoms with van der Waals surface area (Å²) in [6, 6.07) is -1.57. The Kier molecular flexibility index (Phi) is 18.5. The van der Waals surface area contributed by atoms with Crippen molar-refractivity contribution in [3.05, 3.63) is 0 Å². The van der Waals surface area contributed by atoms with Crippen LogP contribution in [0.3, 0.4) is 0 Å². The van der Waals surface area contributed by atoms with E-state index in [2.05, 4.69) is 0 Å². The van der Waals surface area contributed by atoms with Gasteiger partial charge in [-0.3, -0.25) is 4.79 Å². The highest BCUT2D eigenvalue weighted by atomic mass is 35.8. The molecule has 0 rings (SSSR count). The lowest BCUT2D eigenvalue weighted by Gasteiger charge is -2.19. The Morgan fingerprint density at radius 2 is 0.931 bits per heavy atom. The van der Waals surface area contributed by atoms with Crippen LogP contribution in [0.2, 0.25) is 6.04 Å². The predicted molar refractivity (Wildman–Crippen MR) is 132 cm³/mol. The number of carbonyl (C=O) groups is 1. The molecular weight excluding hydrogens is 443 g/mol. The molecule has 0 aliphatic heterocycles. The second kappa shape index (κ2) is 18.2. The Morgan fingerprint density at radius 1 is 0.621 bits per heavy atom. The van der Waals surface area contributed by atoms with Crippen molar-refractivity contribution in [1.29, 1.82) is 0 Å². The largest absolute Gasteiger partial charge is 0.460 e. The first-order valence-corrected chi connectivity index (χ1v) is 17.1. The molecule has 0 unspecified atom stereocenters. The molecule has 174 valence electrons. The molecule has 0 N–H and O–H groups in total. The maximum Gasteiger partial charge on any atom is 0.341 e. The summed E-state index contributed by atoms with van der Waals surface area (Å²) in [4.78, 5) is 11.6. The number of ether oxygens (including phenoxy) is 1. The van der Waals surface area contributed by atoms with Crippen LogP contribution in [0.25, 0.3) is 0 Å². The van der Waals surface area contributed by atoms with Crippen LogP contribution in [-0.4, -0.2) is 17.6 Å². The first kappa shape index (κ1) is 29.6. The third-order valence-electron chi connectivity index (χ3n) is 5.01. The van der Waals surface area contributed by atoms with Gasteiger partial charge >= 0.3 is 12.0 Å². The quantitative estimate of drug-likeness (QED) is 0.0784. The van der Waals surface area contributed by atoms with Crippen LogP contribution in [0.1, 0.15) is 130 Å². The Bertz CT molecular complexity index is 393. The molecule has 0 heterocycles. The van der Waals surface area contributed by atoms with Crippen LogP contribution < -0.4 is 0 Å². The van der Waals surface area contributed by atoms with Gasteiger partial charge in [0, 0.05) is 6.42 Å². The van der Waals surface area contributed by atoms with Gasteiger partial charge in [-0.25, -0.2) is 0 Å². The molecule has 0 atom stereocenters. The van der Waals surface area contributed by atoms with Crippen LogP contribution in [-0.2, 0) is 9.53 Å². The summed E-state index contributed by atoms with van der Waals surface area (Å²) in [7, 11) is 0. The zero-order valence-corrected chi connectivity index (χ0v) is 22.4. The average molecular weight is 488 g/mol. The summed E-state index contributed by atoms with van der Waals surface area (Å²) in [5, 5.41) is 0. The lowest BCUT2D eigenvalue weighted by molar-refractivity contribution is -0.154. The minimum Gasteiger partial charge on any atom is -0.460 e. The van der Waals surface area contributed by atoms with Crippen molar-refractivity contribution < 1.29 is 9.53 Å². The van der Waals surface area contributed by atoms with Gasteiger partial charge in [0.2, 0.25) is 0 Å². The van der Waals surface area contributed by atoms with Crippen molar-refractivity contribution in [2.75, 3.05) is 0 Å². The summed E-state index contributed by atoms with van der Waals surface area (Å²) >= 11 is 17.7. The average Bonchev–Trinajstić information content (AvgIpc) is 2.58. The normalized spacial score (nSPS) is 12.3. The van der Waals surface area contributed by atoms with E-state index in [-0.39, 0.29) is 11.6 Å². The molecule has 0 saturated carbocycles. The number of rotatable bonds is 19. The predicted octanol–water partition coefficient (Wildman–Crippen LogP) is 9.62. The van der Waals surface area contributed by atoms with E-state index >= 15 is 0 Å². The van der Waals surface area contributed by atoms with E-state index in [1.165, 1.54) is 83.5 Å². The van der Waals surface area contributed by atoms with E-state index in [4.69, 9.17) is 38.0 Å². The van der Waals surface area contributed by atoms with Crippen molar-refractivity contribution in [3.8, 4) is 0 Å². The standard InChI is InChI=1S/C23H45Cl3O2Si/c1-23(2,3)28-22(27)20-18-16-14-12-10-8-6-4-5-7-9-11-13-15-17-19-21-29(24,25)26/h4-21H2,1-3H3. The molecule has 0 aromatic heterocycles. The molecule has 0 spiro atoms. The van der Waals surface area contributed by atoms with Gasteiger partial charge in [-0.05, 0) is 33.2 Å². The lowest BCUT2D eigenvalue weighted by Crippen LogP contribution is -2.23. The second-order valence-electron chi connectivity index (χ2n) is 9.36. The van der Waals surface area contributed by atoms with Gasteiger partial charge in [0.25, 0.3) is 0 Å². The first-order chi connectivity index (χ1) is 13.6. The van der Waals surface area contributed by atoms with E-state index in [9.17, 15) is 4.79 Å². The van der Waals surface area contributed by atoms with E-state index in [1.807, 2.05) is 20.8 Å². The highest BCUT2D eigenvalue weighted by Gasteiger charge is 2.23. The first-order valence-electron chi connectivity index (χ1n) is 11.9. The minimum absolute atomic E-state index is 0.0565. The number of hydrogen-bond donors (Lipinski definition) is 0. The van der Waals surface area contributed by atoms with Crippen molar-refractivity contribution in [2.45, 2.75) is 142 Å². The Morgan fingerprint density at radius 3 is 1.24 bits per heavy atom.